The number of hydrogen-bond donors (Lipinski definition) is 3. The summed E-state index contributed by atoms with van der Waals surface area (Å²) in [5, 5.41) is 2.52. The van der Waals surface area contributed by atoms with Crippen LogP contribution in [-0.4, -0.2) is 42.8 Å². The molecular formula is C18H22N4O5. The molecule has 1 saturated heterocycles. The summed E-state index contributed by atoms with van der Waals surface area (Å²) in [7, 11) is 0. The zero-order valence-electron chi connectivity index (χ0n) is 15.0. The molecule has 1 aromatic carbocycles. The van der Waals surface area contributed by atoms with Gasteiger partial charge in [-0.2, -0.15) is 0 Å². The maximum atomic E-state index is 12.4. The summed E-state index contributed by atoms with van der Waals surface area (Å²) >= 11 is 0. The molecule has 1 saturated carbocycles. The highest BCUT2D eigenvalue weighted by molar-refractivity contribution is 6.35. The smallest absolute Gasteiger partial charge is 0.327 e. The quantitative estimate of drug-likeness (QED) is 0.490. The van der Waals surface area contributed by atoms with Gasteiger partial charge in [-0.3, -0.25) is 30.0 Å². The molecule has 0 radical (unpaired) electrons. The fraction of sp³-hybridized carbons (Fsp3) is 0.444. The molecule has 144 valence electrons. The number of hydrogen-bond acceptors (Lipinski definition) is 5. The molecule has 1 atom stereocenters. The summed E-state index contributed by atoms with van der Waals surface area (Å²) in [6.45, 7) is 2.47. The summed E-state index contributed by atoms with van der Waals surface area (Å²) in [6, 6.07) is 7.16. The van der Waals surface area contributed by atoms with E-state index in [1.807, 2.05) is 6.92 Å². The summed E-state index contributed by atoms with van der Waals surface area (Å²) in [5.41, 5.74) is 4.91. The second-order valence-electron chi connectivity index (χ2n) is 6.50. The molecule has 0 spiro atoms. The number of carbonyl (C=O) groups is 4. The second-order valence-corrected chi connectivity index (χ2v) is 6.50. The van der Waals surface area contributed by atoms with Crippen molar-refractivity contribution >= 4 is 29.3 Å². The molecule has 3 rings (SSSR count). The van der Waals surface area contributed by atoms with E-state index in [2.05, 4.69) is 16.2 Å². The van der Waals surface area contributed by atoms with E-state index in [-0.39, 0.29) is 24.9 Å². The Morgan fingerprint density at radius 1 is 1.15 bits per heavy atom. The summed E-state index contributed by atoms with van der Waals surface area (Å²) in [5.74, 6) is -2.52. The first-order valence-electron chi connectivity index (χ1n) is 8.92. The van der Waals surface area contributed by atoms with Gasteiger partial charge in [-0.1, -0.05) is 12.1 Å². The molecule has 1 heterocycles. The van der Waals surface area contributed by atoms with Gasteiger partial charge < -0.3 is 15.0 Å². The van der Waals surface area contributed by atoms with Crippen LogP contribution in [0, 0.1) is 5.92 Å². The number of hydrazine groups is 1. The maximum Gasteiger partial charge on any atom is 0.327 e. The Labute approximate surface area is 156 Å². The van der Waals surface area contributed by atoms with E-state index < -0.39 is 23.6 Å². The molecular weight excluding hydrogens is 352 g/mol. The molecule has 0 unspecified atom stereocenters. The van der Waals surface area contributed by atoms with Gasteiger partial charge in [-0.25, -0.2) is 0 Å². The van der Waals surface area contributed by atoms with E-state index in [0.29, 0.717) is 18.0 Å². The first-order chi connectivity index (χ1) is 13.0. The Kier molecular flexibility index (Phi) is 5.58. The molecule has 0 bridgehead atoms. The van der Waals surface area contributed by atoms with Gasteiger partial charge in [-0.15, -0.1) is 0 Å². The number of ether oxygens (including phenoxy) is 1. The van der Waals surface area contributed by atoms with E-state index in [1.54, 1.807) is 24.3 Å². The minimum absolute atomic E-state index is 0.0104. The first kappa shape index (κ1) is 18.7. The second kappa shape index (κ2) is 8.07. The molecule has 27 heavy (non-hydrogen) atoms. The van der Waals surface area contributed by atoms with Crippen LogP contribution in [0.2, 0.25) is 0 Å². The van der Waals surface area contributed by atoms with Gasteiger partial charge >= 0.3 is 11.8 Å². The molecule has 3 N–H and O–H groups in total. The highest BCUT2D eigenvalue weighted by Gasteiger charge is 2.36. The Morgan fingerprint density at radius 3 is 2.59 bits per heavy atom. The zero-order valence-corrected chi connectivity index (χ0v) is 15.0. The molecule has 9 heteroatoms. The van der Waals surface area contributed by atoms with Crippen LogP contribution >= 0.6 is 0 Å². The standard InChI is InChI=1S/C18H22N4O5/c1-2-27-14-6-4-3-5-13(14)22-10-11(9-15(22)23)16(24)20-21-18(26)17(25)19-12-7-8-12/h3-6,11-12H,2,7-10H2,1H3,(H,19,25)(H,20,24)(H,21,26)/t11-/m0/s1. The Bertz CT molecular complexity index is 762. The average Bonchev–Trinajstić information content (AvgIpc) is 3.39. The molecule has 9 nitrogen and oxygen atoms in total. The molecule has 1 aromatic rings. The molecule has 4 amide bonds. The van der Waals surface area contributed by atoms with Gasteiger partial charge in [0.2, 0.25) is 11.8 Å². The topological polar surface area (TPSA) is 117 Å². The lowest BCUT2D eigenvalue weighted by molar-refractivity contribution is -0.141. The fourth-order valence-corrected chi connectivity index (χ4v) is 2.83. The van der Waals surface area contributed by atoms with Crippen LogP contribution in [-0.2, 0) is 19.2 Å². The zero-order chi connectivity index (χ0) is 19.4. The van der Waals surface area contributed by atoms with Crippen molar-refractivity contribution in [2.24, 2.45) is 5.92 Å². The number of nitrogens with zero attached hydrogens (tertiary/aromatic N) is 1. The minimum Gasteiger partial charge on any atom is -0.492 e. The van der Waals surface area contributed by atoms with Crippen LogP contribution in [0.1, 0.15) is 26.2 Å². The summed E-state index contributed by atoms with van der Waals surface area (Å²) < 4.78 is 5.54. The van der Waals surface area contributed by atoms with Crippen LogP contribution in [0.25, 0.3) is 0 Å². The van der Waals surface area contributed by atoms with E-state index in [9.17, 15) is 19.2 Å². The third-order valence-corrected chi connectivity index (χ3v) is 4.37. The molecule has 2 aliphatic rings. The van der Waals surface area contributed by atoms with Gasteiger partial charge in [0.15, 0.2) is 0 Å². The van der Waals surface area contributed by atoms with Crippen molar-refractivity contribution in [1.82, 2.24) is 16.2 Å². The molecule has 0 aromatic heterocycles. The van der Waals surface area contributed by atoms with Crippen molar-refractivity contribution < 1.29 is 23.9 Å². The minimum atomic E-state index is -0.932. The molecule has 1 aliphatic heterocycles. The van der Waals surface area contributed by atoms with Gasteiger partial charge in [-0.05, 0) is 31.9 Å². The van der Waals surface area contributed by atoms with Crippen LogP contribution < -0.4 is 25.8 Å². The van der Waals surface area contributed by atoms with Crippen LogP contribution in [0.3, 0.4) is 0 Å². The lowest BCUT2D eigenvalue weighted by atomic mass is 10.1. The normalized spacial score (nSPS) is 18.8. The number of rotatable bonds is 5. The Morgan fingerprint density at radius 2 is 1.89 bits per heavy atom. The number of amides is 4. The van der Waals surface area contributed by atoms with E-state index in [1.165, 1.54) is 4.90 Å². The summed E-state index contributed by atoms with van der Waals surface area (Å²) in [4.78, 5) is 49.4. The van der Waals surface area contributed by atoms with Crippen LogP contribution in [0.5, 0.6) is 5.75 Å². The summed E-state index contributed by atoms with van der Waals surface area (Å²) in [6.07, 6.45) is 1.72. The predicted octanol–water partition coefficient (Wildman–Crippen LogP) is -0.136. The van der Waals surface area contributed by atoms with E-state index in [4.69, 9.17) is 4.74 Å². The SMILES string of the molecule is CCOc1ccccc1N1C[C@@H](C(=O)NNC(=O)C(=O)NC2CC2)CC1=O. The van der Waals surface area contributed by atoms with Crippen LogP contribution in [0.15, 0.2) is 24.3 Å². The molecule has 1 aliphatic carbocycles. The van der Waals surface area contributed by atoms with Crippen molar-refractivity contribution in [3.63, 3.8) is 0 Å². The van der Waals surface area contributed by atoms with Gasteiger partial charge in [0.1, 0.15) is 5.75 Å². The van der Waals surface area contributed by atoms with E-state index >= 15 is 0 Å². The van der Waals surface area contributed by atoms with Gasteiger partial charge in [0.25, 0.3) is 0 Å². The highest BCUT2D eigenvalue weighted by atomic mass is 16.5. The van der Waals surface area contributed by atoms with Crippen LogP contribution in [0.4, 0.5) is 5.69 Å². The number of para-hydroxylation sites is 2. The predicted molar refractivity (Wildman–Crippen MR) is 95.5 cm³/mol. The lowest BCUT2D eigenvalue weighted by Gasteiger charge is -2.20. The van der Waals surface area contributed by atoms with Gasteiger partial charge in [0, 0.05) is 19.0 Å². The lowest BCUT2D eigenvalue weighted by Crippen LogP contribution is -2.50. The van der Waals surface area contributed by atoms with Crippen molar-refractivity contribution in [3.8, 4) is 5.75 Å². The van der Waals surface area contributed by atoms with Crippen molar-refractivity contribution in [2.45, 2.75) is 32.2 Å². The number of anilines is 1. The molecule has 2 fully saturated rings. The number of benzene rings is 1. The first-order valence-corrected chi connectivity index (χ1v) is 8.92. The van der Waals surface area contributed by atoms with E-state index in [0.717, 1.165) is 12.8 Å². The number of nitrogens with one attached hydrogen (secondary N) is 3. The number of carbonyl (C=O) groups excluding carboxylic acids is 4. The Hall–Kier alpha value is -3.10. The Balaban J connectivity index is 1.56. The van der Waals surface area contributed by atoms with Gasteiger partial charge in [0.05, 0.1) is 18.2 Å². The third kappa shape index (κ3) is 4.55. The highest BCUT2D eigenvalue weighted by Crippen LogP contribution is 2.33. The average molecular weight is 374 g/mol. The van der Waals surface area contributed by atoms with Crippen molar-refractivity contribution in [2.75, 3.05) is 18.1 Å². The third-order valence-electron chi connectivity index (χ3n) is 4.37. The largest absolute Gasteiger partial charge is 0.492 e. The van der Waals surface area contributed by atoms with Crippen molar-refractivity contribution in [1.29, 1.82) is 0 Å². The monoisotopic (exact) mass is 374 g/mol. The maximum absolute atomic E-state index is 12.4. The van der Waals surface area contributed by atoms with Crippen molar-refractivity contribution in [3.05, 3.63) is 24.3 Å². The fourth-order valence-electron chi connectivity index (χ4n) is 2.83.